The van der Waals surface area contributed by atoms with Crippen molar-refractivity contribution >= 4 is 11.9 Å². The molecule has 0 aromatic rings. The largest absolute Gasteiger partial charge is 0.459 e. The van der Waals surface area contributed by atoms with Crippen LogP contribution in [-0.4, -0.2) is 24.1 Å². The molecule has 94 valence electrons. The first-order valence-corrected chi connectivity index (χ1v) is 5.85. The summed E-state index contributed by atoms with van der Waals surface area (Å²) in [5, 5.41) is 0. The molecule has 0 N–H and O–H groups in total. The molecular weight excluding hydrogens is 208 g/mol. The van der Waals surface area contributed by atoms with E-state index in [0.29, 0.717) is 0 Å². The van der Waals surface area contributed by atoms with Crippen LogP contribution in [0.25, 0.3) is 0 Å². The smallest absolute Gasteiger partial charge is 0.303 e. The number of carbonyl (C=O) groups excluding carboxylic acids is 2. The van der Waals surface area contributed by atoms with Crippen molar-refractivity contribution in [2.45, 2.75) is 65.6 Å². The summed E-state index contributed by atoms with van der Waals surface area (Å²) in [6.07, 6.45) is 2.59. The zero-order valence-corrected chi connectivity index (χ0v) is 10.6. The Bertz CT molecular complexity index is 201. The first-order chi connectivity index (χ1) is 7.51. The van der Waals surface area contributed by atoms with Crippen LogP contribution in [0.3, 0.4) is 0 Å². The van der Waals surface area contributed by atoms with Crippen LogP contribution in [0.15, 0.2) is 0 Å². The van der Waals surface area contributed by atoms with Gasteiger partial charge in [-0.1, -0.05) is 26.7 Å². The van der Waals surface area contributed by atoms with Crippen LogP contribution in [0.1, 0.15) is 53.4 Å². The van der Waals surface area contributed by atoms with E-state index in [4.69, 9.17) is 9.47 Å². The maximum atomic E-state index is 11.0. The minimum atomic E-state index is -0.327. The van der Waals surface area contributed by atoms with Crippen LogP contribution in [0.4, 0.5) is 0 Å². The Morgan fingerprint density at radius 3 is 1.38 bits per heavy atom. The van der Waals surface area contributed by atoms with E-state index in [-0.39, 0.29) is 24.1 Å². The van der Waals surface area contributed by atoms with E-state index in [0.717, 1.165) is 25.7 Å². The molecule has 0 amide bonds. The zero-order chi connectivity index (χ0) is 12.6. The van der Waals surface area contributed by atoms with Crippen molar-refractivity contribution in [1.82, 2.24) is 0 Å². The van der Waals surface area contributed by atoms with Gasteiger partial charge in [-0.3, -0.25) is 9.59 Å². The molecule has 4 nitrogen and oxygen atoms in total. The zero-order valence-electron chi connectivity index (χ0n) is 10.6. The second-order valence-electron chi connectivity index (χ2n) is 3.87. The van der Waals surface area contributed by atoms with Gasteiger partial charge in [0.15, 0.2) is 0 Å². The van der Waals surface area contributed by atoms with E-state index in [1.54, 1.807) is 0 Å². The Balaban J connectivity index is 4.49. The van der Waals surface area contributed by atoms with Gasteiger partial charge in [0, 0.05) is 13.8 Å². The summed E-state index contributed by atoms with van der Waals surface area (Å²) in [7, 11) is 0. The SMILES string of the molecule is CCC[C@H](OC(C)=O)[C@@H](CCC)OC(C)=O. The van der Waals surface area contributed by atoms with Crippen molar-refractivity contribution < 1.29 is 19.1 Å². The van der Waals surface area contributed by atoms with Crippen LogP contribution in [0.5, 0.6) is 0 Å². The van der Waals surface area contributed by atoms with Crippen molar-refractivity contribution in [1.29, 1.82) is 0 Å². The van der Waals surface area contributed by atoms with Gasteiger partial charge in [0.05, 0.1) is 0 Å². The molecule has 2 atom stereocenters. The molecule has 0 aliphatic carbocycles. The Kier molecular flexibility index (Phi) is 7.60. The van der Waals surface area contributed by atoms with Gasteiger partial charge < -0.3 is 9.47 Å². The summed E-state index contributed by atoms with van der Waals surface area (Å²) in [4.78, 5) is 21.9. The highest BCUT2D eigenvalue weighted by Crippen LogP contribution is 2.16. The van der Waals surface area contributed by atoms with Crippen LogP contribution >= 0.6 is 0 Å². The summed E-state index contributed by atoms with van der Waals surface area (Å²) in [5.41, 5.74) is 0. The summed E-state index contributed by atoms with van der Waals surface area (Å²) in [6, 6.07) is 0. The number of hydrogen-bond acceptors (Lipinski definition) is 4. The van der Waals surface area contributed by atoms with E-state index in [1.165, 1.54) is 13.8 Å². The van der Waals surface area contributed by atoms with Gasteiger partial charge in [0.2, 0.25) is 0 Å². The topological polar surface area (TPSA) is 52.6 Å². The molecule has 0 aromatic carbocycles. The normalized spacial score (nSPS) is 14.0. The monoisotopic (exact) mass is 230 g/mol. The van der Waals surface area contributed by atoms with Gasteiger partial charge in [0.1, 0.15) is 12.2 Å². The summed E-state index contributed by atoms with van der Waals surface area (Å²) < 4.78 is 10.4. The Morgan fingerprint density at radius 1 is 0.875 bits per heavy atom. The van der Waals surface area contributed by atoms with Gasteiger partial charge in [0.25, 0.3) is 0 Å². The first-order valence-electron chi connectivity index (χ1n) is 5.85. The molecule has 0 saturated heterocycles. The highest BCUT2D eigenvalue weighted by atomic mass is 16.6. The van der Waals surface area contributed by atoms with Gasteiger partial charge in [-0.15, -0.1) is 0 Å². The van der Waals surface area contributed by atoms with Crippen molar-refractivity contribution in [3.05, 3.63) is 0 Å². The number of esters is 2. The fraction of sp³-hybridized carbons (Fsp3) is 0.833. The van der Waals surface area contributed by atoms with Gasteiger partial charge in [-0.25, -0.2) is 0 Å². The Labute approximate surface area is 97.3 Å². The predicted octanol–water partition coefficient (Wildman–Crippen LogP) is 2.45. The van der Waals surface area contributed by atoms with E-state index >= 15 is 0 Å². The van der Waals surface area contributed by atoms with Gasteiger partial charge in [-0.2, -0.15) is 0 Å². The summed E-state index contributed by atoms with van der Waals surface area (Å²) in [5.74, 6) is -0.654. The van der Waals surface area contributed by atoms with Crippen LogP contribution in [0, 0.1) is 0 Å². The highest BCUT2D eigenvalue weighted by Gasteiger charge is 2.25. The lowest BCUT2D eigenvalue weighted by molar-refractivity contribution is -0.166. The Morgan fingerprint density at radius 2 is 1.19 bits per heavy atom. The van der Waals surface area contributed by atoms with Crippen molar-refractivity contribution in [2.75, 3.05) is 0 Å². The molecule has 0 spiro atoms. The van der Waals surface area contributed by atoms with Gasteiger partial charge in [-0.05, 0) is 12.8 Å². The quantitative estimate of drug-likeness (QED) is 0.630. The average molecular weight is 230 g/mol. The van der Waals surface area contributed by atoms with E-state index < -0.39 is 0 Å². The molecular formula is C12H22O4. The third kappa shape index (κ3) is 6.43. The number of rotatable bonds is 7. The third-order valence-corrected chi connectivity index (χ3v) is 2.20. The first kappa shape index (κ1) is 14.9. The van der Waals surface area contributed by atoms with Crippen LogP contribution in [0.2, 0.25) is 0 Å². The van der Waals surface area contributed by atoms with E-state index in [2.05, 4.69) is 0 Å². The second kappa shape index (κ2) is 8.13. The van der Waals surface area contributed by atoms with Crippen LogP contribution < -0.4 is 0 Å². The molecule has 0 aromatic heterocycles. The number of carbonyl (C=O) groups is 2. The average Bonchev–Trinajstić information content (AvgIpc) is 2.15. The molecule has 0 rings (SSSR count). The standard InChI is InChI=1S/C12H22O4/c1-5-7-11(15-9(3)13)12(8-6-2)16-10(4)14/h11-12H,5-8H2,1-4H3/t11-,12+. The lowest BCUT2D eigenvalue weighted by Crippen LogP contribution is -2.34. The Hall–Kier alpha value is -1.06. The molecule has 16 heavy (non-hydrogen) atoms. The van der Waals surface area contributed by atoms with Crippen LogP contribution in [-0.2, 0) is 19.1 Å². The molecule has 0 radical (unpaired) electrons. The molecule has 4 heteroatoms. The van der Waals surface area contributed by atoms with E-state index in [1.807, 2.05) is 13.8 Å². The molecule has 0 fully saturated rings. The minimum absolute atomic E-state index is 0.314. The third-order valence-electron chi connectivity index (χ3n) is 2.20. The fourth-order valence-corrected chi connectivity index (χ4v) is 1.64. The molecule has 0 aliphatic rings. The molecule has 0 bridgehead atoms. The van der Waals surface area contributed by atoms with Gasteiger partial charge >= 0.3 is 11.9 Å². The number of ether oxygens (including phenoxy) is 2. The van der Waals surface area contributed by atoms with Crippen molar-refractivity contribution in [3.8, 4) is 0 Å². The highest BCUT2D eigenvalue weighted by molar-refractivity contribution is 5.67. The summed E-state index contributed by atoms with van der Waals surface area (Å²) in [6.45, 7) is 6.76. The fourth-order valence-electron chi connectivity index (χ4n) is 1.64. The van der Waals surface area contributed by atoms with Crippen molar-refractivity contribution in [3.63, 3.8) is 0 Å². The number of hydrogen-bond donors (Lipinski definition) is 0. The van der Waals surface area contributed by atoms with Crippen molar-refractivity contribution in [2.24, 2.45) is 0 Å². The predicted molar refractivity (Wildman–Crippen MR) is 60.9 cm³/mol. The van der Waals surface area contributed by atoms with E-state index in [9.17, 15) is 9.59 Å². The molecule has 0 unspecified atom stereocenters. The minimum Gasteiger partial charge on any atom is -0.459 e. The maximum Gasteiger partial charge on any atom is 0.303 e. The molecule has 0 heterocycles. The summed E-state index contributed by atoms with van der Waals surface area (Å²) >= 11 is 0. The lowest BCUT2D eigenvalue weighted by Gasteiger charge is -2.25. The maximum absolute atomic E-state index is 11.0. The molecule has 0 saturated carbocycles. The second-order valence-corrected chi connectivity index (χ2v) is 3.87. The molecule has 0 aliphatic heterocycles. The lowest BCUT2D eigenvalue weighted by atomic mass is 10.0.